The van der Waals surface area contributed by atoms with Gasteiger partial charge in [-0.2, -0.15) is 5.10 Å². The number of nitrogens with one attached hydrogen (secondary N) is 1. The van der Waals surface area contributed by atoms with Gasteiger partial charge in [0, 0.05) is 30.5 Å². The van der Waals surface area contributed by atoms with E-state index in [0.29, 0.717) is 11.0 Å². The molecule has 0 radical (unpaired) electrons. The molecule has 0 aliphatic rings. The molecule has 0 amide bonds. The maximum atomic E-state index is 13.5. The SMILES string of the molecule is Cc1cc(Br)c(F)cc1NCc1cnn(C)c1C. The van der Waals surface area contributed by atoms with Crippen LogP contribution in [0.15, 0.2) is 22.8 Å². The highest BCUT2D eigenvalue weighted by molar-refractivity contribution is 9.10. The fourth-order valence-electron chi connectivity index (χ4n) is 1.74. The fourth-order valence-corrected chi connectivity index (χ4v) is 2.20. The topological polar surface area (TPSA) is 29.9 Å². The van der Waals surface area contributed by atoms with Crippen LogP contribution in [0.1, 0.15) is 16.8 Å². The van der Waals surface area contributed by atoms with Crippen LogP contribution in [0.25, 0.3) is 0 Å². The third-order valence-electron chi connectivity index (χ3n) is 3.07. The van der Waals surface area contributed by atoms with Crippen molar-refractivity contribution in [1.82, 2.24) is 9.78 Å². The second-order valence-corrected chi connectivity index (χ2v) is 5.17. The first-order chi connectivity index (χ1) is 8.49. The van der Waals surface area contributed by atoms with E-state index in [4.69, 9.17) is 0 Å². The maximum absolute atomic E-state index is 13.5. The van der Waals surface area contributed by atoms with Gasteiger partial charge in [0.1, 0.15) is 5.82 Å². The Balaban J connectivity index is 2.16. The first-order valence-electron chi connectivity index (χ1n) is 5.66. The molecule has 0 atom stereocenters. The Morgan fingerprint density at radius 1 is 1.39 bits per heavy atom. The van der Waals surface area contributed by atoms with Crippen LogP contribution in [0.5, 0.6) is 0 Å². The number of anilines is 1. The van der Waals surface area contributed by atoms with E-state index in [1.54, 1.807) is 6.07 Å². The number of hydrogen-bond donors (Lipinski definition) is 1. The molecule has 3 nitrogen and oxygen atoms in total. The monoisotopic (exact) mass is 311 g/mol. The first kappa shape index (κ1) is 13.1. The average Bonchev–Trinajstić information content (AvgIpc) is 2.63. The van der Waals surface area contributed by atoms with Crippen molar-refractivity contribution >= 4 is 21.6 Å². The van der Waals surface area contributed by atoms with Crippen molar-refractivity contribution in [3.05, 3.63) is 45.4 Å². The largest absolute Gasteiger partial charge is 0.381 e. The predicted molar refractivity (Wildman–Crippen MR) is 74.1 cm³/mol. The van der Waals surface area contributed by atoms with Gasteiger partial charge in [-0.3, -0.25) is 4.68 Å². The summed E-state index contributed by atoms with van der Waals surface area (Å²) in [5, 5.41) is 7.41. The summed E-state index contributed by atoms with van der Waals surface area (Å²) in [4.78, 5) is 0. The highest BCUT2D eigenvalue weighted by atomic mass is 79.9. The minimum atomic E-state index is -0.258. The number of halogens is 2. The Bertz CT molecular complexity index is 578. The van der Waals surface area contributed by atoms with Crippen LogP contribution in [-0.4, -0.2) is 9.78 Å². The number of benzene rings is 1. The van der Waals surface area contributed by atoms with Gasteiger partial charge in [0.05, 0.1) is 10.7 Å². The van der Waals surface area contributed by atoms with Crippen LogP contribution in [0.4, 0.5) is 10.1 Å². The molecular weight excluding hydrogens is 297 g/mol. The predicted octanol–water partition coefficient (Wildman–Crippen LogP) is 3.55. The van der Waals surface area contributed by atoms with E-state index in [1.807, 2.05) is 31.8 Å². The van der Waals surface area contributed by atoms with Crippen molar-refractivity contribution in [1.29, 1.82) is 0 Å². The molecule has 0 spiro atoms. The Hall–Kier alpha value is -1.36. The summed E-state index contributed by atoms with van der Waals surface area (Å²) in [6.45, 7) is 4.60. The van der Waals surface area contributed by atoms with Crippen LogP contribution in [0.3, 0.4) is 0 Å². The zero-order valence-electron chi connectivity index (χ0n) is 10.6. The molecule has 0 saturated heterocycles. The van der Waals surface area contributed by atoms with Crippen LogP contribution in [0, 0.1) is 19.7 Å². The molecule has 1 N–H and O–H groups in total. The highest BCUT2D eigenvalue weighted by Gasteiger charge is 2.07. The van der Waals surface area contributed by atoms with Gasteiger partial charge in [-0.25, -0.2) is 4.39 Å². The van der Waals surface area contributed by atoms with Crippen molar-refractivity contribution in [2.45, 2.75) is 20.4 Å². The van der Waals surface area contributed by atoms with Gasteiger partial charge < -0.3 is 5.32 Å². The number of hydrogen-bond acceptors (Lipinski definition) is 2. The van der Waals surface area contributed by atoms with Crippen LogP contribution < -0.4 is 5.32 Å². The summed E-state index contributed by atoms with van der Waals surface area (Å²) in [6.07, 6.45) is 1.83. The molecule has 2 rings (SSSR count). The highest BCUT2D eigenvalue weighted by Crippen LogP contribution is 2.24. The Labute approximate surface area is 114 Å². The van der Waals surface area contributed by atoms with Crippen molar-refractivity contribution in [2.24, 2.45) is 7.05 Å². The second-order valence-electron chi connectivity index (χ2n) is 4.31. The molecule has 96 valence electrons. The molecule has 1 heterocycles. The van der Waals surface area contributed by atoms with Crippen molar-refractivity contribution in [3.8, 4) is 0 Å². The van der Waals surface area contributed by atoms with Gasteiger partial charge >= 0.3 is 0 Å². The standard InChI is InChI=1S/C13H15BrFN3/c1-8-4-11(14)12(15)5-13(8)16-6-10-7-17-18(3)9(10)2/h4-5,7,16H,6H2,1-3H3. The zero-order chi connectivity index (χ0) is 13.3. The first-order valence-corrected chi connectivity index (χ1v) is 6.45. The smallest absolute Gasteiger partial charge is 0.139 e. The molecule has 1 aromatic heterocycles. The van der Waals surface area contributed by atoms with Gasteiger partial charge in [-0.15, -0.1) is 0 Å². The van der Waals surface area contributed by atoms with E-state index < -0.39 is 0 Å². The summed E-state index contributed by atoms with van der Waals surface area (Å²) >= 11 is 3.18. The van der Waals surface area contributed by atoms with Crippen molar-refractivity contribution in [2.75, 3.05) is 5.32 Å². The Kier molecular flexibility index (Phi) is 3.71. The van der Waals surface area contributed by atoms with Gasteiger partial charge in [0.25, 0.3) is 0 Å². The fraction of sp³-hybridized carbons (Fsp3) is 0.308. The van der Waals surface area contributed by atoms with E-state index in [0.717, 1.165) is 22.5 Å². The van der Waals surface area contributed by atoms with E-state index in [2.05, 4.69) is 26.3 Å². The van der Waals surface area contributed by atoms with Gasteiger partial charge in [-0.1, -0.05) is 0 Å². The van der Waals surface area contributed by atoms with E-state index in [-0.39, 0.29) is 5.82 Å². The average molecular weight is 312 g/mol. The lowest BCUT2D eigenvalue weighted by molar-refractivity contribution is 0.621. The lowest BCUT2D eigenvalue weighted by atomic mass is 10.2. The van der Waals surface area contributed by atoms with E-state index >= 15 is 0 Å². The molecular formula is C13H15BrFN3. The van der Waals surface area contributed by atoms with Crippen LogP contribution >= 0.6 is 15.9 Å². The molecule has 0 aliphatic heterocycles. The van der Waals surface area contributed by atoms with Crippen molar-refractivity contribution in [3.63, 3.8) is 0 Å². The summed E-state index contributed by atoms with van der Waals surface area (Å²) in [6, 6.07) is 3.28. The minimum Gasteiger partial charge on any atom is -0.381 e. The normalized spacial score (nSPS) is 10.7. The Morgan fingerprint density at radius 3 is 2.72 bits per heavy atom. The number of aryl methyl sites for hydroxylation is 2. The second kappa shape index (κ2) is 5.10. The minimum absolute atomic E-state index is 0.258. The van der Waals surface area contributed by atoms with Crippen molar-refractivity contribution < 1.29 is 4.39 Å². The molecule has 5 heteroatoms. The third kappa shape index (κ3) is 2.56. The lowest BCUT2D eigenvalue weighted by Crippen LogP contribution is -2.03. The quantitative estimate of drug-likeness (QED) is 0.939. The molecule has 1 aromatic carbocycles. The Morgan fingerprint density at radius 2 is 2.11 bits per heavy atom. The lowest BCUT2D eigenvalue weighted by Gasteiger charge is -2.10. The number of aromatic nitrogens is 2. The summed E-state index contributed by atoms with van der Waals surface area (Å²) in [5.41, 5.74) is 4.03. The van der Waals surface area contributed by atoms with Crippen LogP contribution in [-0.2, 0) is 13.6 Å². The van der Waals surface area contributed by atoms with Gasteiger partial charge in [0.2, 0.25) is 0 Å². The molecule has 0 saturated carbocycles. The summed E-state index contributed by atoms with van der Waals surface area (Å²) < 4.78 is 15.8. The molecule has 0 fully saturated rings. The molecule has 2 aromatic rings. The number of nitrogens with zero attached hydrogens (tertiary/aromatic N) is 2. The summed E-state index contributed by atoms with van der Waals surface area (Å²) in [7, 11) is 1.91. The molecule has 0 bridgehead atoms. The number of rotatable bonds is 3. The molecule has 0 unspecified atom stereocenters. The van der Waals surface area contributed by atoms with E-state index in [1.165, 1.54) is 6.07 Å². The summed E-state index contributed by atoms with van der Waals surface area (Å²) in [5.74, 6) is -0.258. The van der Waals surface area contributed by atoms with Gasteiger partial charge in [0.15, 0.2) is 0 Å². The third-order valence-corrected chi connectivity index (χ3v) is 3.68. The molecule has 18 heavy (non-hydrogen) atoms. The van der Waals surface area contributed by atoms with Gasteiger partial charge in [-0.05, 0) is 47.5 Å². The maximum Gasteiger partial charge on any atom is 0.139 e. The molecule has 0 aliphatic carbocycles. The van der Waals surface area contributed by atoms with Crippen LogP contribution in [0.2, 0.25) is 0 Å². The van der Waals surface area contributed by atoms with E-state index in [9.17, 15) is 4.39 Å². The zero-order valence-corrected chi connectivity index (χ0v) is 12.2.